The van der Waals surface area contributed by atoms with E-state index in [0.29, 0.717) is 25.7 Å². The minimum Gasteiger partial charge on any atom is -0.438 e. The molecule has 0 aromatic heterocycles. The van der Waals surface area contributed by atoms with Crippen LogP contribution in [0, 0.1) is 0 Å². The Balaban J connectivity index is 4.91. The van der Waals surface area contributed by atoms with Crippen LogP contribution in [0.4, 0.5) is 0 Å². The van der Waals surface area contributed by atoms with Gasteiger partial charge in [-0.15, -0.1) is 0 Å². The van der Waals surface area contributed by atoms with Crippen molar-refractivity contribution in [1.29, 1.82) is 0 Å². The van der Waals surface area contributed by atoms with E-state index in [2.05, 4.69) is 0 Å². The van der Waals surface area contributed by atoms with Crippen LogP contribution >= 0.6 is 31.3 Å². The van der Waals surface area contributed by atoms with E-state index in [1.807, 2.05) is 13.8 Å². The molecule has 1 saturated carbocycles. The van der Waals surface area contributed by atoms with Crippen molar-refractivity contribution in [3.8, 4) is 0 Å². The monoisotopic (exact) mass is 1220 g/mol. The third kappa shape index (κ3) is 31.2. The first-order valence-electron chi connectivity index (χ1n) is 23.2. The highest BCUT2D eigenvalue weighted by Crippen LogP contribution is 2.62. The molecule has 1 rings (SSSR count). The fourth-order valence-corrected chi connectivity index (χ4v) is 9.90. The van der Waals surface area contributed by atoms with Crippen LogP contribution in [-0.2, 0) is 158 Å². The Bertz CT molecular complexity index is 1870. The van der Waals surface area contributed by atoms with Gasteiger partial charge in [-0.1, -0.05) is 39.5 Å². The Morgan fingerprint density at radius 1 is 0.282 bits per heavy atom. The molecule has 452 valence electrons. The first kappa shape index (κ1) is 72.1. The number of rotatable bonds is 42. The van der Waals surface area contributed by atoms with Crippen molar-refractivity contribution in [2.45, 2.75) is 144 Å². The summed E-state index contributed by atoms with van der Waals surface area (Å²) in [5, 5.41) is 0. The second-order valence-corrected chi connectivity index (χ2v) is 21.7. The predicted molar refractivity (Wildman–Crippen MR) is 250 cm³/mol. The van der Waals surface area contributed by atoms with Gasteiger partial charge in [-0.25, -0.2) is 54.5 Å². The topological polar surface area (TPSA) is 408 Å². The van der Waals surface area contributed by atoms with Gasteiger partial charge in [0.1, 0.15) is 36.6 Å². The van der Waals surface area contributed by atoms with Crippen molar-refractivity contribution in [2.75, 3.05) is 67.6 Å². The number of carbonyl (C=O) groups is 8. The van der Waals surface area contributed by atoms with Crippen LogP contribution in [-0.4, -0.2) is 152 Å². The van der Waals surface area contributed by atoms with Crippen LogP contribution in [0.15, 0.2) is 0 Å². The quantitative estimate of drug-likeness (QED) is 0.0242. The molecule has 78 heavy (non-hydrogen) atoms. The van der Waals surface area contributed by atoms with Gasteiger partial charge in [0.05, 0.1) is 0 Å². The van der Waals surface area contributed by atoms with Gasteiger partial charge < -0.3 is 47.4 Å². The minimum atomic E-state index is -5.72. The number of phosphoric acid groups is 4. The summed E-state index contributed by atoms with van der Waals surface area (Å²) in [5.74, 6) is -8.28. The van der Waals surface area contributed by atoms with E-state index in [0.717, 1.165) is 55.4 Å². The Labute approximate surface area is 448 Å². The maximum absolute atomic E-state index is 15.0. The van der Waals surface area contributed by atoms with Gasteiger partial charge >= 0.3 is 79.0 Å². The molecule has 0 amide bonds. The Hall–Kier alpha value is -3.88. The van der Waals surface area contributed by atoms with Crippen molar-refractivity contribution in [1.82, 2.24) is 0 Å². The molecule has 0 N–H and O–H groups in total. The number of ether oxygens (including phenoxy) is 10. The molecule has 34 nitrogen and oxygen atoms in total. The van der Waals surface area contributed by atoms with Crippen LogP contribution in [0.25, 0.3) is 0 Å². The highest BCUT2D eigenvalue weighted by atomic mass is 31.2. The van der Waals surface area contributed by atoms with Crippen molar-refractivity contribution < 1.29 is 158 Å². The zero-order valence-corrected chi connectivity index (χ0v) is 48.0. The lowest BCUT2D eigenvalue weighted by atomic mass is 9.84. The summed E-state index contributed by atoms with van der Waals surface area (Å²) in [6, 6.07) is 0. The summed E-state index contributed by atoms with van der Waals surface area (Å²) < 4.78 is 177. The standard InChI is InChI=1S/C40H68O34P4/c1-11-13-15-17-53-35-36(54-18-16-14-12-2)38(72-76(50,65-21-57-29(5)43)66-22-58-30(6)44)40(74-78(52,69-25-61-33(9)47)70-26-62-34(10)48)39(73-77(51,67-23-59-31(7)45)68-24-60-32(8)46)37(35)71-75(49,63-19-55-27(3)41)64-20-56-28(4)42/h35-40H,11-26H2,1-10H3/t35-,36+,37-,38-,39+,40+/m1/s1. The lowest BCUT2D eigenvalue weighted by molar-refractivity contribution is -0.241. The Morgan fingerprint density at radius 3 is 0.603 bits per heavy atom. The van der Waals surface area contributed by atoms with E-state index >= 15 is 9.13 Å². The van der Waals surface area contributed by atoms with Gasteiger partial charge in [-0.2, -0.15) is 0 Å². The third-order valence-corrected chi connectivity index (χ3v) is 14.2. The van der Waals surface area contributed by atoms with Gasteiger partial charge in [0.15, 0.2) is 0 Å². The molecule has 0 radical (unpaired) electrons. The molecular formula is C40H68O34P4. The number of unbranched alkanes of at least 4 members (excludes halogenated alkanes) is 4. The van der Waals surface area contributed by atoms with Crippen LogP contribution in [0.1, 0.15) is 108 Å². The molecular weight excluding hydrogens is 1150 g/mol. The van der Waals surface area contributed by atoms with Crippen molar-refractivity contribution in [3.05, 3.63) is 0 Å². The first-order valence-corrected chi connectivity index (χ1v) is 29.1. The van der Waals surface area contributed by atoms with Crippen molar-refractivity contribution in [2.24, 2.45) is 0 Å². The van der Waals surface area contributed by atoms with Crippen molar-refractivity contribution in [3.63, 3.8) is 0 Å². The van der Waals surface area contributed by atoms with E-state index < -0.39 is 170 Å². The molecule has 0 aromatic carbocycles. The number of phosphoric ester groups is 4. The van der Waals surface area contributed by atoms with E-state index in [9.17, 15) is 47.5 Å². The number of esters is 8. The van der Waals surface area contributed by atoms with Crippen LogP contribution in [0.3, 0.4) is 0 Å². The smallest absolute Gasteiger partial charge is 0.438 e. The van der Waals surface area contributed by atoms with Crippen LogP contribution in [0.2, 0.25) is 0 Å². The molecule has 6 atom stereocenters. The van der Waals surface area contributed by atoms with Gasteiger partial charge in [0, 0.05) is 68.6 Å². The summed E-state index contributed by atoms with van der Waals surface area (Å²) in [6.45, 7) is -0.0721. The Kier molecular flexibility index (Phi) is 35.1. The number of hydrogen-bond acceptors (Lipinski definition) is 34. The molecule has 1 aliphatic carbocycles. The largest absolute Gasteiger partial charge is 0.481 e. The average Bonchev–Trinajstić information content (AvgIpc) is 3.31. The first-order chi connectivity index (χ1) is 36.6. The van der Waals surface area contributed by atoms with Gasteiger partial charge in [-0.3, -0.25) is 56.5 Å². The molecule has 0 aromatic rings. The zero-order valence-electron chi connectivity index (χ0n) is 44.4. The zero-order chi connectivity index (χ0) is 59.0. The van der Waals surface area contributed by atoms with E-state index in [1.54, 1.807) is 0 Å². The normalized spacial score (nSPS) is 18.7. The molecule has 38 heteroatoms. The fraction of sp³-hybridized carbons (Fsp3) is 0.800. The van der Waals surface area contributed by atoms with Gasteiger partial charge in [0.2, 0.25) is 54.3 Å². The second-order valence-electron chi connectivity index (χ2n) is 15.2. The van der Waals surface area contributed by atoms with E-state index in [1.165, 1.54) is 0 Å². The molecule has 1 fully saturated rings. The summed E-state index contributed by atoms with van der Waals surface area (Å²) in [4.78, 5) is 95.3. The summed E-state index contributed by atoms with van der Waals surface area (Å²) in [5.41, 5.74) is 0. The lowest BCUT2D eigenvalue weighted by Crippen LogP contribution is -2.67. The number of hydrogen-bond donors (Lipinski definition) is 0. The average molecular weight is 1220 g/mol. The second kappa shape index (κ2) is 37.9. The number of carbonyl (C=O) groups excluding carboxylic acids is 8. The van der Waals surface area contributed by atoms with Gasteiger partial charge in [0.25, 0.3) is 0 Å². The molecule has 0 bridgehead atoms. The molecule has 0 heterocycles. The van der Waals surface area contributed by atoms with Crippen molar-refractivity contribution >= 4 is 79.0 Å². The maximum Gasteiger partial charge on any atom is 0.481 e. The summed E-state index contributed by atoms with van der Waals surface area (Å²) in [7, 11) is -22.6. The third-order valence-electron chi connectivity index (χ3n) is 8.85. The maximum atomic E-state index is 15.0. The minimum absolute atomic E-state index is 0.191. The highest BCUT2D eigenvalue weighted by molar-refractivity contribution is 7.49. The highest BCUT2D eigenvalue weighted by Gasteiger charge is 2.62. The van der Waals surface area contributed by atoms with E-state index in [-0.39, 0.29) is 26.1 Å². The van der Waals surface area contributed by atoms with Gasteiger partial charge in [-0.05, 0) is 12.8 Å². The van der Waals surface area contributed by atoms with E-state index in [4.69, 9.17) is 102 Å². The summed E-state index contributed by atoms with van der Waals surface area (Å²) in [6.07, 6.45) is -12.1. The molecule has 0 aliphatic heterocycles. The fourth-order valence-electron chi connectivity index (χ4n) is 5.50. The Morgan fingerprint density at radius 2 is 0.449 bits per heavy atom. The SMILES string of the molecule is CCCCCO[C@@H]1[C@H](OCCCCC)[C@@H](OP(=O)(OCOC(C)=O)OCOC(C)=O)[C@H](OP(=O)(OCOC(C)=O)OCOC(C)=O)[C@@H](OP(=O)(OCOC(C)=O)OCOC(C)=O)[C@@H]1OP(=O)(OCOC(C)=O)OCOC(C)=O. The summed E-state index contributed by atoms with van der Waals surface area (Å²) >= 11 is 0. The molecule has 0 spiro atoms. The van der Waals surface area contributed by atoms with Crippen LogP contribution in [0.5, 0.6) is 0 Å². The molecule has 0 unspecified atom stereocenters. The predicted octanol–water partition coefficient (Wildman–Crippen LogP) is 5.42. The molecule has 1 aliphatic rings. The lowest BCUT2D eigenvalue weighted by Gasteiger charge is -2.49. The molecule has 0 saturated heterocycles. The van der Waals surface area contributed by atoms with Crippen LogP contribution < -0.4 is 0 Å².